The van der Waals surface area contributed by atoms with Crippen molar-refractivity contribution in [3.05, 3.63) is 95.3 Å². The molecule has 1 atom stereocenters. The van der Waals surface area contributed by atoms with Crippen LogP contribution in [0.3, 0.4) is 0 Å². The largest absolute Gasteiger partial charge is 0.355 e. The predicted molar refractivity (Wildman–Crippen MR) is 147 cm³/mol. The highest BCUT2D eigenvalue weighted by atomic mass is 32.2. The van der Waals surface area contributed by atoms with Gasteiger partial charge >= 0.3 is 0 Å². The van der Waals surface area contributed by atoms with E-state index in [-0.39, 0.29) is 23.0 Å². The van der Waals surface area contributed by atoms with Crippen LogP contribution in [0, 0.1) is 19.7 Å². The van der Waals surface area contributed by atoms with Gasteiger partial charge in [-0.15, -0.1) is 0 Å². The summed E-state index contributed by atoms with van der Waals surface area (Å²) >= 11 is 0. The fourth-order valence-electron chi connectivity index (χ4n) is 4.08. The Hall–Kier alpha value is -3.72. The Morgan fingerprint density at radius 3 is 1.95 bits per heavy atom. The van der Waals surface area contributed by atoms with E-state index in [1.807, 2.05) is 45.0 Å². The summed E-state index contributed by atoms with van der Waals surface area (Å²) < 4.78 is 42.0. The number of rotatable bonds is 11. The number of carbonyl (C=O) groups excluding carboxylic acids is 2. The molecule has 0 aliphatic carbocycles. The lowest BCUT2D eigenvalue weighted by Gasteiger charge is -2.33. The number of benzene rings is 3. The number of hydrogen-bond donors (Lipinski definition) is 1. The van der Waals surface area contributed by atoms with Crippen LogP contribution in [0.2, 0.25) is 0 Å². The molecule has 9 heteroatoms. The third-order valence-electron chi connectivity index (χ3n) is 6.21. The molecule has 0 radical (unpaired) electrons. The number of likely N-dealkylation sites (N-methyl/N-ethyl adjacent to an activating group) is 1. The maximum absolute atomic E-state index is 13.9. The van der Waals surface area contributed by atoms with Crippen LogP contribution in [0.5, 0.6) is 0 Å². The van der Waals surface area contributed by atoms with Crippen LogP contribution >= 0.6 is 0 Å². The minimum atomic E-state index is -4.24. The maximum Gasteiger partial charge on any atom is 0.264 e. The first-order valence-corrected chi connectivity index (χ1v) is 14.0. The summed E-state index contributed by atoms with van der Waals surface area (Å²) in [6.45, 7) is 7.42. The average Bonchev–Trinajstić information content (AvgIpc) is 2.89. The molecule has 0 aliphatic rings. The molecule has 3 rings (SSSR count). The van der Waals surface area contributed by atoms with Gasteiger partial charge in [0.25, 0.3) is 10.0 Å². The van der Waals surface area contributed by atoms with Crippen molar-refractivity contribution in [2.24, 2.45) is 0 Å². The van der Waals surface area contributed by atoms with Gasteiger partial charge in [0.15, 0.2) is 0 Å². The van der Waals surface area contributed by atoms with Gasteiger partial charge in [-0.3, -0.25) is 13.9 Å². The van der Waals surface area contributed by atoms with Gasteiger partial charge in [0.1, 0.15) is 18.4 Å². The molecule has 1 unspecified atom stereocenters. The van der Waals surface area contributed by atoms with Crippen LogP contribution < -0.4 is 9.62 Å². The fraction of sp³-hybridized carbons (Fsp3) is 0.310. The monoisotopic (exact) mass is 539 g/mol. The second-order valence-electron chi connectivity index (χ2n) is 9.13. The smallest absolute Gasteiger partial charge is 0.264 e. The minimum absolute atomic E-state index is 0.132. The topological polar surface area (TPSA) is 86.8 Å². The number of hydrogen-bond acceptors (Lipinski definition) is 4. The number of anilines is 1. The number of sulfonamides is 1. The van der Waals surface area contributed by atoms with E-state index >= 15 is 0 Å². The summed E-state index contributed by atoms with van der Waals surface area (Å²) in [7, 11) is -4.24. The Balaban J connectivity index is 2.04. The summed E-state index contributed by atoms with van der Waals surface area (Å²) in [5.74, 6) is -1.41. The third-order valence-corrected chi connectivity index (χ3v) is 8.00. The Kier molecular flexibility index (Phi) is 9.63. The highest BCUT2D eigenvalue weighted by Gasteiger charge is 2.33. The minimum Gasteiger partial charge on any atom is -0.355 e. The molecule has 3 aromatic carbocycles. The molecule has 0 heterocycles. The Labute approximate surface area is 224 Å². The molecule has 0 saturated heterocycles. The van der Waals surface area contributed by atoms with Crippen molar-refractivity contribution in [3.8, 4) is 0 Å². The maximum atomic E-state index is 13.9. The van der Waals surface area contributed by atoms with Crippen molar-refractivity contribution in [1.29, 1.82) is 0 Å². The third kappa shape index (κ3) is 6.98. The highest BCUT2D eigenvalue weighted by molar-refractivity contribution is 7.92. The molecule has 0 aromatic heterocycles. The lowest BCUT2D eigenvalue weighted by molar-refractivity contribution is -0.140. The number of carbonyl (C=O) groups is 2. The first kappa shape index (κ1) is 28.8. The van der Waals surface area contributed by atoms with Gasteiger partial charge in [-0.05, 0) is 69.2 Å². The molecule has 0 saturated carbocycles. The molecule has 202 valence electrons. The van der Waals surface area contributed by atoms with Gasteiger partial charge < -0.3 is 10.2 Å². The first-order chi connectivity index (χ1) is 18.1. The van der Waals surface area contributed by atoms with E-state index in [4.69, 9.17) is 0 Å². The van der Waals surface area contributed by atoms with Crippen LogP contribution in [-0.2, 0) is 26.2 Å². The Morgan fingerprint density at radius 2 is 1.42 bits per heavy atom. The van der Waals surface area contributed by atoms with Crippen molar-refractivity contribution in [2.45, 2.75) is 51.6 Å². The molecule has 1 N–H and O–H groups in total. The van der Waals surface area contributed by atoms with E-state index in [0.29, 0.717) is 13.0 Å². The molecule has 0 spiro atoms. The molecule has 0 fully saturated rings. The number of halogens is 1. The Morgan fingerprint density at radius 1 is 0.868 bits per heavy atom. The molecule has 7 nitrogen and oxygen atoms in total. The molecular formula is C29H34FN3O4S. The average molecular weight is 540 g/mol. The van der Waals surface area contributed by atoms with E-state index in [1.54, 1.807) is 31.2 Å². The lowest BCUT2D eigenvalue weighted by atomic mass is 10.1. The molecule has 0 bridgehead atoms. The number of nitrogens with one attached hydrogen (secondary N) is 1. The van der Waals surface area contributed by atoms with Crippen LogP contribution in [-0.4, -0.2) is 44.3 Å². The van der Waals surface area contributed by atoms with E-state index in [0.717, 1.165) is 33.1 Å². The van der Waals surface area contributed by atoms with Gasteiger partial charge in [-0.2, -0.15) is 0 Å². The van der Waals surface area contributed by atoms with Gasteiger partial charge in [-0.25, -0.2) is 12.8 Å². The second kappa shape index (κ2) is 12.7. The van der Waals surface area contributed by atoms with E-state index in [9.17, 15) is 22.4 Å². The quantitative estimate of drug-likeness (QED) is 0.387. The predicted octanol–water partition coefficient (Wildman–Crippen LogP) is 4.58. The fourth-order valence-corrected chi connectivity index (χ4v) is 5.49. The van der Waals surface area contributed by atoms with Gasteiger partial charge in [0.2, 0.25) is 11.8 Å². The van der Waals surface area contributed by atoms with Crippen molar-refractivity contribution >= 4 is 27.5 Å². The number of aryl methyl sites for hydroxylation is 2. The van der Waals surface area contributed by atoms with Crippen molar-refractivity contribution in [1.82, 2.24) is 10.2 Å². The molecule has 0 aliphatic heterocycles. The Bertz CT molecular complexity index is 1340. The number of nitrogens with zero attached hydrogens (tertiary/aromatic N) is 2. The summed E-state index contributed by atoms with van der Waals surface area (Å²) in [6, 6.07) is 18.0. The molecule has 2 amide bonds. The van der Waals surface area contributed by atoms with Crippen molar-refractivity contribution in [2.75, 3.05) is 17.4 Å². The molecular weight excluding hydrogens is 505 g/mol. The van der Waals surface area contributed by atoms with E-state index in [2.05, 4.69) is 5.32 Å². The summed E-state index contributed by atoms with van der Waals surface area (Å²) in [4.78, 5) is 28.1. The van der Waals surface area contributed by atoms with Gasteiger partial charge in [-0.1, -0.05) is 54.4 Å². The van der Waals surface area contributed by atoms with Crippen molar-refractivity contribution in [3.63, 3.8) is 0 Å². The highest BCUT2D eigenvalue weighted by Crippen LogP contribution is 2.25. The second-order valence-corrected chi connectivity index (χ2v) is 11.0. The lowest BCUT2D eigenvalue weighted by Crippen LogP contribution is -2.52. The van der Waals surface area contributed by atoms with Gasteiger partial charge in [0.05, 0.1) is 10.6 Å². The summed E-state index contributed by atoms with van der Waals surface area (Å²) in [6.07, 6.45) is 0.346. The van der Waals surface area contributed by atoms with Crippen LogP contribution in [0.25, 0.3) is 0 Å². The van der Waals surface area contributed by atoms with E-state index in [1.165, 1.54) is 17.0 Å². The van der Waals surface area contributed by atoms with Crippen LogP contribution in [0.4, 0.5) is 10.1 Å². The van der Waals surface area contributed by atoms with Gasteiger partial charge in [0, 0.05) is 13.1 Å². The normalized spacial score (nSPS) is 12.0. The van der Waals surface area contributed by atoms with Crippen LogP contribution in [0.15, 0.2) is 77.7 Å². The van der Waals surface area contributed by atoms with E-state index < -0.39 is 34.3 Å². The zero-order valence-corrected chi connectivity index (χ0v) is 23.0. The molecule has 38 heavy (non-hydrogen) atoms. The molecule has 3 aromatic rings. The zero-order chi connectivity index (χ0) is 27.9. The SMILES string of the molecule is CCNC(=O)C(CC)N(Cc1ccc(C)cc1)C(=O)CN(c1ccc(C)cc1)S(=O)(=O)c1ccc(F)cc1. The van der Waals surface area contributed by atoms with Crippen molar-refractivity contribution < 1.29 is 22.4 Å². The van der Waals surface area contributed by atoms with Crippen LogP contribution in [0.1, 0.15) is 37.0 Å². The zero-order valence-electron chi connectivity index (χ0n) is 22.1. The standard InChI is InChI=1S/C29H34FN3O4S/c1-5-27(29(35)31-6-2)32(19-23-11-7-21(3)8-12-23)28(34)20-33(25-15-9-22(4)10-16-25)38(36,37)26-17-13-24(30)14-18-26/h7-18,27H,5-6,19-20H2,1-4H3,(H,31,35). The number of amides is 2. The summed E-state index contributed by atoms with van der Waals surface area (Å²) in [5.41, 5.74) is 3.07. The first-order valence-electron chi connectivity index (χ1n) is 12.5. The summed E-state index contributed by atoms with van der Waals surface area (Å²) in [5, 5.41) is 2.78.